The van der Waals surface area contributed by atoms with E-state index in [2.05, 4.69) is 11.9 Å². The molecule has 1 N–H and O–H groups in total. The summed E-state index contributed by atoms with van der Waals surface area (Å²) in [6.45, 7) is 8.24. The molecule has 0 saturated carbocycles. The van der Waals surface area contributed by atoms with Crippen molar-refractivity contribution < 1.29 is 14.3 Å². The molecule has 2 aromatic rings. The highest BCUT2D eigenvalue weighted by molar-refractivity contribution is 5.81. The number of carbonyl (C=O) groups excluding carboxylic acids is 2. The van der Waals surface area contributed by atoms with E-state index in [1.54, 1.807) is 13.0 Å². The van der Waals surface area contributed by atoms with E-state index >= 15 is 0 Å². The second-order valence-corrected chi connectivity index (χ2v) is 7.18. The van der Waals surface area contributed by atoms with Gasteiger partial charge < -0.3 is 15.0 Å². The maximum absolute atomic E-state index is 12.3. The maximum atomic E-state index is 12.3. The minimum Gasteiger partial charge on any atom is -0.481 e. The van der Waals surface area contributed by atoms with Gasteiger partial charge in [-0.2, -0.15) is 0 Å². The number of carbonyl (C=O) groups is 2. The van der Waals surface area contributed by atoms with E-state index in [0.29, 0.717) is 25.3 Å². The summed E-state index contributed by atoms with van der Waals surface area (Å²) < 4.78 is 6.02. The fraction of sp³-hybridized carbons (Fsp3) is 0.333. The molecule has 0 aliphatic carbocycles. The number of ether oxygens (including phenoxy) is 1. The summed E-state index contributed by atoms with van der Waals surface area (Å²) in [6, 6.07) is 15.8. The first kappa shape index (κ1) is 20.6. The van der Waals surface area contributed by atoms with Gasteiger partial charge in [0.05, 0.1) is 6.04 Å². The van der Waals surface area contributed by atoms with E-state index in [9.17, 15) is 9.59 Å². The number of hydrogen-bond donors (Lipinski definition) is 1. The molecule has 152 valence electrons. The van der Waals surface area contributed by atoms with E-state index in [4.69, 9.17) is 4.74 Å². The molecule has 0 aromatic heterocycles. The standard InChI is InChI=1S/C24H28N2O3/c1-4-14-25-24(28)22(5-2)29-20-12-11-18-13-15-26(17(3)27)23(21(18)16-20)19-9-7-6-8-10-19/h4,6-12,16,22-23H,1,5,13-15H2,2-3H3,(H,25,28). The third-order valence-corrected chi connectivity index (χ3v) is 5.23. The molecule has 2 aromatic carbocycles. The fourth-order valence-electron chi connectivity index (χ4n) is 3.77. The van der Waals surface area contributed by atoms with E-state index < -0.39 is 6.10 Å². The number of nitrogens with zero attached hydrogens (tertiary/aromatic N) is 1. The van der Waals surface area contributed by atoms with Crippen molar-refractivity contribution in [3.8, 4) is 5.75 Å². The molecule has 0 radical (unpaired) electrons. The topological polar surface area (TPSA) is 58.6 Å². The van der Waals surface area contributed by atoms with Crippen molar-refractivity contribution >= 4 is 11.8 Å². The average molecular weight is 392 g/mol. The summed E-state index contributed by atoms with van der Waals surface area (Å²) >= 11 is 0. The van der Waals surface area contributed by atoms with Crippen LogP contribution in [0.5, 0.6) is 5.75 Å². The normalized spacial score (nSPS) is 16.5. The first-order valence-corrected chi connectivity index (χ1v) is 10.0. The number of rotatable bonds is 7. The molecule has 1 aliphatic heterocycles. The van der Waals surface area contributed by atoms with Gasteiger partial charge in [0.1, 0.15) is 5.75 Å². The van der Waals surface area contributed by atoms with Crippen molar-refractivity contribution in [2.75, 3.05) is 13.1 Å². The molecule has 2 unspecified atom stereocenters. The zero-order valence-electron chi connectivity index (χ0n) is 17.1. The molecule has 1 aliphatic rings. The summed E-state index contributed by atoms with van der Waals surface area (Å²) in [5.74, 6) is 0.525. The molecule has 1 heterocycles. The molecule has 3 rings (SSSR count). The minimum atomic E-state index is -0.573. The second-order valence-electron chi connectivity index (χ2n) is 7.18. The molecule has 0 bridgehead atoms. The lowest BCUT2D eigenvalue weighted by Crippen LogP contribution is -2.39. The smallest absolute Gasteiger partial charge is 0.261 e. The van der Waals surface area contributed by atoms with Gasteiger partial charge in [-0.05, 0) is 41.7 Å². The Kier molecular flexibility index (Phi) is 6.70. The van der Waals surface area contributed by atoms with Crippen LogP contribution in [0.3, 0.4) is 0 Å². The average Bonchev–Trinajstić information content (AvgIpc) is 2.75. The van der Waals surface area contributed by atoms with Crippen LogP contribution in [0.15, 0.2) is 61.2 Å². The number of fused-ring (bicyclic) bond motifs is 1. The SMILES string of the molecule is C=CCNC(=O)C(CC)Oc1ccc2c(c1)C(c1ccccc1)N(C(C)=O)CC2. The Morgan fingerprint density at radius 2 is 2.03 bits per heavy atom. The summed E-state index contributed by atoms with van der Waals surface area (Å²) in [5, 5.41) is 2.79. The third kappa shape index (κ3) is 4.67. The lowest BCUT2D eigenvalue weighted by Gasteiger charge is -2.37. The molecular weight excluding hydrogens is 364 g/mol. The Balaban J connectivity index is 1.93. The number of hydrogen-bond acceptors (Lipinski definition) is 3. The summed E-state index contributed by atoms with van der Waals surface area (Å²) in [4.78, 5) is 26.5. The second kappa shape index (κ2) is 9.41. The molecule has 2 amide bonds. The Hall–Kier alpha value is -3.08. The van der Waals surface area contributed by atoms with Crippen molar-refractivity contribution in [2.24, 2.45) is 0 Å². The lowest BCUT2D eigenvalue weighted by atomic mass is 9.88. The van der Waals surface area contributed by atoms with Crippen LogP contribution in [-0.4, -0.2) is 35.9 Å². The van der Waals surface area contributed by atoms with Crippen LogP contribution in [-0.2, 0) is 16.0 Å². The molecule has 0 saturated heterocycles. The van der Waals surface area contributed by atoms with Gasteiger partial charge in [0, 0.05) is 20.0 Å². The first-order valence-electron chi connectivity index (χ1n) is 10.0. The highest BCUT2D eigenvalue weighted by atomic mass is 16.5. The van der Waals surface area contributed by atoms with Crippen LogP contribution in [0.1, 0.15) is 43.0 Å². The predicted octanol–water partition coefficient (Wildman–Crippen LogP) is 3.64. The number of amides is 2. The highest BCUT2D eigenvalue weighted by Crippen LogP contribution is 2.37. The molecule has 0 fully saturated rings. The van der Waals surface area contributed by atoms with Crippen molar-refractivity contribution in [1.82, 2.24) is 10.2 Å². The van der Waals surface area contributed by atoms with Crippen molar-refractivity contribution in [3.05, 3.63) is 77.9 Å². The van der Waals surface area contributed by atoms with Crippen molar-refractivity contribution in [2.45, 2.75) is 38.8 Å². The van der Waals surface area contributed by atoms with E-state index in [1.165, 1.54) is 5.56 Å². The van der Waals surface area contributed by atoms with Gasteiger partial charge in [0.25, 0.3) is 5.91 Å². The molecule has 5 heteroatoms. The summed E-state index contributed by atoms with van der Waals surface area (Å²) in [7, 11) is 0. The van der Waals surface area contributed by atoms with Crippen LogP contribution in [0.4, 0.5) is 0 Å². The molecule has 2 atom stereocenters. The number of benzene rings is 2. The van der Waals surface area contributed by atoms with E-state index in [-0.39, 0.29) is 17.9 Å². The monoisotopic (exact) mass is 392 g/mol. The van der Waals surface area contributed by atoms with Crippen molar-refractivity contribution in [1.29, 1.82) is 0 Å². The Morgan fingerprint density at radius 1 is 1.28 bits per heavy atom. The predicted molar refractivity (Wildman–Crippen MR) is 114 cm³/mol. The lowest BCUT2D eigenvalue weighted by molar-refractivity contribution is -0.131. The van der Waals surface area contributed by atoms with Gasteiger partial charge in [-0.15, -0.1) is 6.58 Å². The van der Waals surface area contributed by atoms with Crippen LogP contribution >= 0.6 is 0 Å². The van der Waals surface area contributed by atoms with Gasteiger partial charge in [-0.1, -0.05) is 49.4 Å². The highest BCUT2D eigenvalue weighted by Gasteiger charge is 2.31. The van der Waals surface area contributed by atoms with Gasteiger partial charge in [-0.25, -0.2) is 0 Å². The first-order chi connectivity index (χ1) is 14.0. The Labute approximate surface area is 172 Å². The van der Waals surface area contributed by atoms with Crippen molar-refractivity contribution in [3.63, 3.8) is 0 Å². The van der Waals surface area contributed by atoms with Gasteiger partial charge >= 0.3 is 0 Å². The Bertz CT molecular complexity index is 879. The zero-order valence-corrected chi connectivity index (χ0v) is 17.1. The number of nitrogens with one attached hydrogen (secondary N) is 1. The van der Waals surface area contributed by atoms with Crippen LogP contribution in [0, 0.1) is 0 Å². The third-order valence-electron chi connectivity index (χ3n) is 5.23. The van der Waals surface area contributed by atoms with Crippen LogP contribution < -0.4 is 10.1 Å². The fourth-order valence-corrected chi connectivity index (χ4v) is 3.77. The van der Waals surface area contributed by atoms with E-state index in [1.807, 2.05) is 60.4 Å². The Morgan fingerprint density at radius 3 is 2.69 bits per heavy atom. The van der Waals surface area contributed by atoms with Crippen LogP contribution in [0.2, 0.25) is 0 Å². The quantitative estimate of drug-likeness (QED) is 0.732. The summed E-state index contributed by atoms with van der Waals surface area (Å²) in [5.41, 5.74) is 3.32. The zero-order chi connectivity index (χ0) is 20.8. The minimum absolute atomic E-state index is 0.0473. The molecule has 5 nitrogen and oxygen atoms in total. The van der Waals surface area contributed by atoms with E-state index in [0.717, 1.165) is 17.5 Å². The molecular formula is C24H28N2O3. The van der Waals surface area contributed by atoms with Gasteiger partial charge in [0.2, 0.25) is 5.91 Å². The van der Waals surface area contributed by atoms with Gasteiger partial charge in [-0.3, -0.25) is 9.59 Å². The summed E-state index contributed by atoms with van der Waals surface area (Å²) in [6.07, 6.45) is 2.43. The van der Waals surface area contributed by atoms with Gasteiger partial charge in [0.15, 0.2) is 6.10 Å². The maximum Gasteiger partial charge on any atom is 0.261 e. The molecule has 0 spiro atoms. The molecule has 29 heavy (non-hydrogen) atoms. The largest absolute Gasteiger partial charge is 0.481 e. The van der Waals surface area contributed by atoms with Crippen LogP contribution in [0.25, 0.3) is 0 Å².